The van der Waals surface area contributed by atoms with Gasteiger partial charge < -0.3 is 19.5 Å². The zero-order valence-electron chi connectivity index (χ0n) is 14.8. The third-order valence-corrected chi connectivity index (χ3v) is 4.07. The quantitative estimate of drug-likeness (QED) is 0.915. The van der Waals surface area contributed by atoms with E-state index in [0.717, 1.165) is 0 Å². The lowest BCUT2D eigenvalue weighted by Crippen LogP contribution is -2.46. The number of carbonyl (C=O) groups excluding carboxylic acids is 2. The minimum Gasteiger partial charge on any atom is -0.482 e. The van der Waals surface area contributed by atoms with Crippen molar-refractivity contribution in [3.05, 3.63) is 48.5 Å². The van der Waals surface area contributed by atoms with Crippen LogP contribution in [0.3, 0.4) is 0 Å². The number of para-hydroxylation sites is 2. The highest BCUT2D eigenvalue weighted by atomic mass is 16.6. The van der Waals surface area contributed by atoms with Crippen LogP contribution in [0.4, 0.5) is 16.2 Å². The van der Waals surface area contributed by atoms with Gasteiger partial charge in [0.05, 0.1) is 7.11 Å². The summed E-state index contributed by atoms with van der Waals surface area (Å²) < 4.78 is 16.2. The summed E-state index contributed by atoms with van der Waals surface area (Å²) in [6.07, 6.45) is -1.65. The van der Waals surface area contributed by atoms with Gasteiger partial charge in [-0.3, -0.25) is 9.69 Å². The molecule has 2 amide bonds. The molecular formula is C19H20N2O5. The van der Waals surface area contributed by atoms with E-state index in [2.05, 4.69) is 10.1 Å². The Morgan fingerprint density at radius 1 is 1.04 bits per heavy atom. The molecule has 1 aliphatic rings. The Morgan fingerprint density at radius 2 is 1.65 bits per heavy atom. The van der Waals surface area contributed by atoms with Gasteiger partial charge in [0, 0.05) is 18.4 Å². The smallest absolute Gasteiger partial charge is 0.413 e. The van der Waals surface area contributed by atoms with Crippen LogP contribution in [0.5, 0.6) is 11.5 Å². The van der Waals surface area contributed by atoms with Crippen molar-refractivity contribution in [2.24, 2.45) is 0 Å². The topological polar surface area (TPSA) is 77.1 Å². The number of hydrogen-bond acceptors (Lipinski definition) is 5. The number of amides is 2. The Hall–Kier alpha value is -3.22. The molecule has 1 N–H and O–H groups in total. The molecule has 3 rings (SSSR count). The van der Waals surface area contributed by atoms with E-state index in [4.69, 9.17) is 9.47 Å². The molecule has 26 heavy (non-hydrogen) atoms. The van der Waals surface area contributed by atoms with E-state index in [1.807, 2.05) is 12.1 Å². The number of anilines is 2. The fourth-order valence-electron chi connectivity index (χ4n) is 2.63. The number of nitrogens with zero attached hydrogens (tertiary/aromatic N) is 1. The van der Waals surface area contributed by atoms with Crippen molar-refractivity contribution < 1.29 is 23.8 Å². The van der Waals surface area contributed by atoms with Crippen LogP contribution in [-0.2, 0) is 9.53 Å². The molecule has 0 radical (unpaired) electrons. The number of ether oxygens (including phenoxy) is 3. The average Bonchev–Trinajstić information content (AvgIpc) is 2.66. The molecule has 0 bridgehead atoms. The van der Waals surface area contributed by atoms with Gasteiger partial charge in [-0.25, -0.2) is 4.79 Å². The number of benzene rings is 2. The summed E-state index contributed by atoms with van der Waals surface area (Å²) >= 11 is 0. The molecule has 7 nitrogen and oxygen atoms in total. The third-order valence-electron chi connectivity index (χ3n) is 4.07. The maximum atomic E-state index is 12.6. The average molecular weight is 356 g/mol. The fourth-order valence-corrected chi connectivity index (χ4v) is 2.63. The first-order chi connectivity index (χ1) is 12.5. The molecule has 0 unspecified atom stereocenters. The SMILES string of the molecule is COC(=O)N(C)c1ccc(NC(=O)[C@@H]2Oc3ccccc3O[C@H]2C)cc1. The minimum absolute atomic E-state index is 0.305. The summed E-state index contributed by atoms with van der Waals surface area (Å²) in [5.74, 6) is 0.862. The van der Waals surface area contributed by atoms with Gasteiger partial charge in [-0.1, -0.05) is 12.1 Å². The molecule has 1 heterocycles. The summed E-state index contributed by atoms with van der Waals surface area (Å²) in [6.45, 7) is 1.79. The molecule has 136 valence electrons. The van der Waals surface area contributed by atoms with E-state index in [1.54, 1.807) is 50.4 Å². The molecule has 7 heteroatoms. The zero-order chi connectivity index (χ0) is 18.7. The van der Waals surface area contributed by atoms with Gasteiger partial charge in [0.15, 0.2) is 11.5 Å². The number of hydrogen-bond donors (Lipinski definition) is 1. The Bertz CT molecular complexity index is 806. The highest BCUT2D eigenvalue weighted by Gasteiger charge is 2.34. The maximum absolute atomic E-state index is 12.6. The van der Waals surface area contributed by atoms with Gasteiger partial charge in [-0.15, -0.1) is 0 Å². The van der Waals surface area contributed by atoms with Crippen molar-refractivity contribution >= 4 is 23.4 Å². The number of methoxy groups -OCH3 is 1. The van der Waals surface area contributed by atoms with Crippen molar-refractivity contribution in [2.45, 2.75) is 19.1 Å². The highest BCUT2D eigenvalue weighted by molar-refractivity contribution is 5.95. The molecule has 0 saturated carbocycles. The Balaban J connectivity index is 1.67. The van der Waals surface area contributed by atoms with Crippen molar-refractivity contribution in [2.75, 3.05) is 24.4 Å². The molecule has 2 atom stereocenters. The number of fused-ring (bicyclic) bond motifs is 1. The van der Waals surface area contributed by atoms with Crippen LogP contribution in [0.25, 0.3) is 0 Å². The van der Waals surface area contributed by atoms with Crippen LogP contribution in [0, 0.1) is 0 Å². The summed E-state index contributed by atoms with van der Waals surface area (Å²) in [5.41, 5.74) is 1.24. The molecule has 1 aliphatic heterocycles. The van der Waals surface area contributed by atoms with Gasteiger partial charge in [-0.2, -0.15) is 0 Å². The van der Waals surface area contributed by atoms with Gasteiger partial charge in [-0.05, 0) is 43.3 Å². The Kier molecular flexibility index (Phi) is 4.97. The standard InChI is InChI=1S/C19H20N2O5/c1-12-17(26-16-7-5-4-6-15(16)25-12)18(22)20-13-8-10-14(11-9-13)21(2)19(23)24-3/h4-12,17H,1-3H3,(H,20,22)/t12-,17+/m0/s1. The lowest BCUT2D eigenvalue weighted by atomic mass is 10.1. The first-order valence-electron chi connectivity index (χ1n) is 8.14. The molecule has 0 fully saturated rings. The van der Waals surface area contributed by atoms with E-state index < -0.39 is 18.3 Å². The predicted molar refractivity (Wildman–Crippen MR) is 96.8 cm³/mol. The van der Waals surface area contributed by atoms with E-state index in [1.165, 1.54) is 12.0 Å². The highest BCUT2D eigenvalue weighted by Crippen LogP contribution is 2.33. The van der Waals surface area contributed by atoms with Crippen molar-refractivity contribution in [3.63, 3.8) is 0 Å². The van der Waals surface area contributed by atoms with Crippen LogP contribution in [0.2, 0.25) is 0 Å². The van der Waals surface area contributed by atoms with Gasteiger partial charge in [0.2, 0.25) is 6.10 Å². The van der Waals surface area contributed by atoms with Crippen LogP contribution in [0.1, 0.15) is 6.92 Å². The summed E-state index contributed by atoms with van der Waals surface area (Å²) in [5, 5.41) is 2.80. The second-order valence-electron chi connectivity index (χ2n) is 5.87. The lowest BCUT2D eigenvalue weighted by Gasteiger charge is -2.31. The van der Waals surface area contributed by atoms with E-state index >= 15 is 0 Å². The molecule has 0 aliphatic carbocycles. The van der Waals surface area contributed by atoms with Crippen molar-refractivity contribution in [3.8, 4) is 11.5 Å². The number of rotatable bonds is 3. The van der Waals surface area contributed by atoms with Crippen LogP contribution < -0.4 is 19.7 Å². The van der Waals surface area contributed by atoms with E-state index in [0.29, 0.717) is 22.9 Å². The minimum atomic E-state index is -0.762. The fraction of sp³-hybridized carbons (Fsp3) is 0.263. The number of carbonyl (C=O) groups is 2. The second kappa shape index (κ2) is 7.35. The normalized spacial score (nSPS) is 18.0. The first-order valence-corrected chi connectivity index (χ1v) is 8.14. The van der Waals surface area contributed by atoms with Crippen LogP contribution in [-0.4, -0.2) is 38.4 Å². The number of nitrogens with one attached hydrogen (secondary N) is 1. The van der Waals surface area contributed by atoms with Gasteiger partial charge >= 0.3 is 6.09 Å². The summed E-state index contributed by atoms with van der Waals surface area (Å²) in [4.78, 5) is 25.4. The van der Waals surface area contributed by atoms with Crippen molar-refractivity contribution in [1.82, 2.24) is 0 Å². The van der Waals surface area contributed by atoms with Crippen LogP contribution >= 0.6 is 0 Å². The molecule has 0 aromatic heterocycles. The Morgan fingerprint density at radius 3 is 2.27 bits per heavy atom. The second-order valence-corrected chi connectivity index (χ2v) is 5.87. The van der Waals surface area contributed by atoms with Crippen LogP contribution in [0.15, 0.2) is 48.5 Å². The molecule has 2 aromatic carbocycles. The predicted octanol–water partition coefficient (Wildman–Crippen LogP) is 3.06. The van der Waals surface area contributed by atoms with Crippen molar-refractivity contribution in [1.29, 1.82) is 0 Å². The Labute approximate surface area is 151 Å². The zero-order valence-corrected chi connectivity index (χ0v) is 14.8. The maximum Gasteiger partial charge on any atom is 0.413 e. The first kappa shape index (κ1) is 17.6. The van der Waals surface area contributed by atoms with E-state index in [9.17, 15) is 9.59 Å². The van der Waals surface area contributed by atoms with E-state index in [-0.39, 0.29) is 5.91 Å². The monoisotopic (exact) mass is 356 g/mol. The van der Waals surface area contributed by atoms with Gasteiger partial charge in [0.25, 0.3) is 5.91 Å². The largest absolute Gasteiger partial charge is 0.482 e. The lowest BCUT2D eigenvalue weighted by molar-refractivity contribution is -0.128. The molecule has 2 aromatic rings. The third kappa shape index (κ3) is 3.56. The molecule has 0 saturated heterocycles. The summed E-state index contributed by atoms with van der Waals surface area (Å²) in [6, 6.07) is 14.1. The summed E-state index contributed by atoms with van der Waals surface area (Å²) in [7, 11) is 2.92. The molecular weight excluding hydrogens is 336 g/mol. The van der Waals surface area contributed by atoms with Gasteiger partial charge in [0.1, 0.15) is 6.10 Å². The molecule has 0 spiro atoms.